The highest BCUT2D eigenvalue weighted by atomic mass is 16.5. The minimum absolute atomic E-state index is 0.276. The number of esters is 2. The van der Waals surface area contributed by atoms with Gasteiger partial charge in [0.15, 0.2) is 0 Å². The Morgan fingerprint density at radius 2 is 1.17 bits per heavy atom. The maximum absolute atomic E-state index is 12.3. The lowest BCUT2D eigenvalue weighted by Gasteiger charge is -2.08. The van der Waals surface area contributed by atoms with Crippen LogP contribution in [0.25, 0.3) is 11.1 Å². The Hall–Kier alpha value is -3.08. The van der Waals surface area contributed by atoms with E-state index in [4.69, 9.17) is 14.2 Å². The smallest absolute Gasteiger partial charge is 0.338 e. The summed E-state index contributed by atoms with van der Waals surface area (Å²) in [7, 11) is 0. The molecule has 0 saturated carbocycles. The zero-order valence-electron chi connectivity index (χ0n) is 22.1. The molecule has 0 radical (unpaired) electrons. The van der Waals surface area contributed by atoms with Crippen LogP contribution in [0.4, 0.5) is 0 Å². The first kappa shape index (κ1) is 29.2. The van der Waals surface area contributed by atoms with Crippen LogP contribution in [0, 0.1) is 0 Å². The summed E-state index contributed by atoms with van der Waals surface area (Å²) in [5, 5.41) is 0. The molecule has 0 saturated heterocycles. The van der Waals surface area contributed by atoms with Crippen molar-refractivity contribution < 1.29 is 23.8 Å². The van der Waals surface area contributed by atoms with Crippen LogP contribution in [0.5, 0.6) is 5.75 Å². The SMILES string of the molecule is C=C(C)C(=O)OCCCCCCCCCOC(=O)c1ccc(-c2ccc(OCCCCC)cc2)cc1. The van der Waals surface area contributed by atoms with Crippen LogP contribution >= 0.6 is 0 Å². The fourth-order valence-electron chi connectivity index (χ4n) is 3.71. The summed E-state index contributed by atoms with van der Waals surface area (Å²) < 4.78 is 16.3. The Labute approximate surface area is 216 Å². The van der Waals surface area contributed by atoms with Crippen molar-refractivity contribution in [3.8, 4) is 16.9 Å². The molecule has 0 heterocycles. The summed E-state index contributed by atoms with van der Waals surface area (Å²) in [5.74, 6) is 0.299. The Balaban J connectivity index is 1.57. The van der Waals surface area contributed by atoms with Crippen molar-refractivity contribution in [3.05, 3.63) is 66.2 Å². The number of ether oxygens (including phenoxy) is 3. The van der Waals surface area contributed by atoms with E-state index in [2.05, 4.69) is 13.5 Å². The molecule has 2 aromatic carbocycles. The number of hydrogen-bond donors (Lipinski definition) is 0. The van der Waals surface area contributed by atoms with Crippen LogP contribution in [0.1, 0.15) is 88.4 Å². The van der Waals surface area contributed by atoms with Crippen LogP contribution in [0.2, 0.25) is 0 Å². The van der Waals surface area contributed by atoms with Gasteiger partial charge in [0.05, 0.1) is 25.4 Å². The number of carbonyl (C=O) groups excluding carboxylic acids is 2. The van der Waals surface area contributed by atoms with Crippen LogP contribution < -0.4 is 4.74 Å². The van der Waals surface area contributed by atoms with E-state index in [1.54, 1.807) is 6.92 Å². The van der Waals surface area contributed by atoms with Crippen LogP contribution in [0.15, 0.2) is 60.7 Å². The van der Waals surface area contributed by atoms with Gasteiger partial charge in [0, 0.05) is 5.57 Å². The molecular weight excluding hydrogens is 452 g/mol. The molecule has 0 bridgehead atoms. The van der Waals surface area contributed by atoms with E-state index in [1.165, 1.54) is 12.8 Å². The Morgan fingerprint density at radius 3 is 1.72 bits per heavy atom. The molecule has 2 aromatic rings. The molecule has 0 aliphatic heterocycles. The third-order valence-electron chi connectivity index (χ3n) is 5.93. The van der Waals surface area contributed by atoms with Gasteiger partial charge in [-0.1, -0.05) is 82.7 Å². The highest BCUT2D eigenvalue weighted by Gasteiger charge is 2.08. The molecule has 5 heteroatoms. The standard InChI is InChI=1S/C31H42O5/c1-4-5-11-22-34-29-20-18-27(19-21-29)26-14-16-28(17-15-26)31(33)36-24-13-10-8-6-7-9-12-23-35-30(32)25(2)3/h14-21H,2,4-13,22-24H2,1,3H3. The summed E-state index contributed by atoms with van der Waals surface area (Å²) in [5.41, 5.74) is 3.15. The molecule has 0 aliphatic rings. The van der Waals surface area contributed by atoms with Crippen LogP contribution in [-0.2, 0) is 14.3 Å². The quantitative estimate of drug-likeness (QED) is 0.120. The van der Waals surface area contributed by atoms with Crippen LogP contribution in [-0.4, -0.2) is 31.8 Å². The first-order valence-corrected chi connectivity index (χ1v) is 13.3. The number of rotatable bonds is 18. The summed E-state index contributed by atoms with van der Waals surface area (Å²) >= 11 is 0. The second kappa shape index (κ2) is 17.4. The van der Waals surface area contributed by atoms with Crippen molar-refractivity contribution in [2.75, 3.05) is 19.8 Å². The van der Waals surface area contributed by atoms with E-state index in [0.29, 0.717) is 24.4 Å². The number of unbranched alkanes of at least 4 members (excludes halogenated alkanes) is 8. The van der Waals surface area contributed by atoms with E-state index in [9.17, 15) is 9.59 Å². The predicted octanol–water partition coefficient (Wildman–Crippen LogP) is 7.93. The Kier molecular flexibility index (Phi) is 14.1. The van der Waals surface area contributed by atoms with Gasteiger partial charge in [0.25, 0.3) is 0 Å². The van der Waals surface area contributed by atoms with E-state index in [1.807, 2.05) is 48.5 Å². The zero-order chi connectivity index (χ0) is 26.0. The number of hydrogen-bond acceptors (Lipinski definition) is 5. The van der Waals surface area contributed by atoms with E-state index in [0.717, 1.165) is 74.8 Å². The molecule has 0 aromatic heterocycles. The molecule has 0 aliphatic carbocycles. The number of carbonyl (C=O) groups is 2. The Morgan fingerprint density at radius 1 is 0.667 bits per heavy atom. The molecule has 36 heavy (non-hydrogen) atoms. The van der Waals surface area contributed by atoms with Gasteiger partial charge in [0.1, 0.15) is 5.75 Å². The maximum atomic E-state index is 12.3. The molecule has 0 fully saturated rings. The lowest BCUT2D eigenvalue weighted by Crippen LogP contribution is -2.06. The predicted molar refractivity (Wildman–Crippen MR) is 145 cm³/mol. The van der Waals surface area contributed by atoms with Gasteiger partial charge in [-0.2, -0.15) is 0 Å². The third-order valence-corrected chi connectivity index (χ3v) is 5.93. The molecule has 5 nitrogen and oxygen atoms in total. The largest absolute Gasteiger partial charge is 0.494 e. The first-order chi connectivity index (χ1) is 17.5. The van der Waals surface area contributed by atoms with Crippen molar-refractivity contribution in [3.63, 3.8) is 0 Å². The molecular formula is C31H42O5. The highest BCUT2D eigenvalue weighted by molar-refractivity contribution is 5.90. The maximum Gasteiger partial charge on any atom is 0.338 e. The Bertz CT molecular complexity index is 915. The fraction of sp³-hybridized carbons (Fsp3) is 0.484. The monoisotopic (exact) mass is 494 g/mol. The topological polar surface area (TPSA) is 61.8 Å². The second-order valence-corrected chi connectivity index (χ2v) is 9.18. The van der Waals surface area contributed by atoms with Crippen molar-refractivity contribution in [2.24, 2.45) is 0 Å². The van der Waals surface area contributed by atoms with Crippen molar-refractivity contribution in [1.29, 1.82) is 0 Å². The van der Waals surface area contributed by atoms with Gasteiger partial charge in [-0.3, -0.25) is 0 Å². The van der Waals surface area contributed by atoms with Crippen molar-refractivity contribution in [1.82, 2.24) is 0 Å². The first-order valence-electron chi connectivity index (χ1n) is 13.3. The lowest BCUT2D eigenvalue weighted by molar-refractivity contribution is -0.139. The summed E-state index contributed by atoms with van der Waals surface area (Å²) in [6, 6.07) is 15.6. The zero-order valence-corrected chi connectivity index (χ0v) is 22.1. The molecule has 0 N–H and O–H groups in total. The lowest BCUT2D eigenvalue weighted by atomic mass is 10.0. The number of benzene rings is 2. The van der Waals surface area contributed by atoms with Gasteiger partial charge in [-0.15, -0.1) is 0 Å². The van der Waals surface area contributed by atoms with Gasteiger partial charge < -0.3 is 14.2 Å². The van der Waals surface area contributed by atoms with Crippen molar-refractivity contribution >= 4 is 11.9 Å². The minimum atomic E-state index is -0.311. The van der Waals surface area contributed by atoms with Crippen molar-refractivity contribution in [2.45, 2.75) is 78.1 Å². The summed E-state index contributed by atoms with van der Waals surface area (Å²) in [4.78, 5) is 23.6. The van der Waals surface area contributed by atoms with Gasteiger partial charge in [-0.25, -0.2) is 9.59 Å². The average molecular weight is 495 g/mol. The average Bonchev–Trinajstić information content (AvgIpc) is 2.90. The van der Waals surface area contributed by atoms with E-state index >= 15 is 0 Å². The van der Waals surface area contributed by atoms with E-state index < -0.39 is 0 Å². The highest BCUT2D eigenvalue weighted by Crippen LogP contribution is 2.23. The van der Waals surface area contributed by atoms with Gasteiger partial charge >= 0.3 is 11.9 Å². The van der Waals surface area contributed by atoms with E-state index in [-0.39, 0.29) is 11.9 Å². The molecule has 0 amide bonds. The molecule has 0 spiro atoms. The molecule has 0 atom stereocenters. The van der Waals surface area contributed by atoms with Gasteiger partial charge in [-0.05, 0) is 61.6 Å². The summed E-state index contributed by atoms with van der Waals surface area (Å²) in [6.07, 6.45) is 10.6. The minimum Gasteiger partial charge on any atom is -0.494 e. The molecule has 2 rings (SSSR count). The molecule has 196 valence electrons. The normalized spacial score (nSPS) is 10.6. The second-order valence-electron chi connectivity index (χ2n) is 9.18. The van der Waals surface area contributed by atoms with Gasteiger partial charge in [0.2, 0.25) is 0 Å². The van der Waals surface area contributed by atoms with Crippen LogP contribution in [0.3, 0.4) is 0 Å². The fourth-order valence-corrected chi connectivity index (χ4v) is 3.71. The third kappa shape index (κ3) is 11.6. The summed E-state index contributed by atoms with van der Waals surface area (Å²) in [6.45, 7) is 9.06. The molecule has 0 unspecified atom stereocenters.